The average Bonchev–Trinajstić information content (AvgIpc) is 3.53. The average molecular weight is 483 g/mol. The minimum absolute atomic E-state index is 0.0814. The number of benzene rings is 2. The maximum Gasteiger partial charge on any atom is 0.252 e. The quantitative estimate of drug-likeness (QED) is 0.322. The standard InChI is InChI=1S/C28H30N6O2/c1-19(2)26(27-30-31-32-34(27)18-24-10-7-13-36-24)33(16-21-8-5-4-6-9-21)17-23-15-22-14-20(3)11-12-25(22)29-28(23)35/h4-15,19,26H,16-18H2,1-3H3,(H,29,35)/t26-/m1/s1. The molecular formula is C28H30N6O2. The molecule has 0 aliphatic carbocycles. The molecule has 0 aliphatic heterocycles. The molecule has 5 rings (SSSR count). The van der Waals surface area contributed by atoms with Gasteiger partial charge in [0.2, 0.25) is 0 Å². The zero-order valence-electron chi connectivity index (χ0n) is 20.8. The number of tetrazole rings is 1. The van der Waals surface area contributed by atoms with E-state index in [1.54, 1.807) is 10.9 Å². The third-order valence-electron chi connectivity index (χ3n) is 6.41. The van der Waals surface area contributed by atoms with E-state index < -0.39 is 0 Å². The Morgan fingerprint density at radius 3 is 2.61 bits per heavy atom. The summed E-state index contributed by atoms with van der Waals surface area (Å²) in [4.78, 5) is 18.5. The highest BCUT2D eigenvalue weighted by Gasteiger charge is 2.30. The molecule has 2 aromatic carbocycles. The van der Waals surface area contributed by atoms with Crippen molar-refractivity contribution in [1.82, 2.24) is 30.1 Å². The summed E-state index contributed by atoms with van der Waals surface area (Å²) in [5.41, 5.74) is 3.77. The summed E-state index contributed by atoms with van der Waals surface area (Å²) < 4.78 is 7.33. The highest BCUT2D eigenvalue weighted by atomic mass is 16.3. The number of hydrogen-bond acceptors (Lipinski definition) is 6. The van der Waals surface area contributed by atoms with Crippen LogP contribution in [0.4, 0.5) is 0 Å². The van der Waals surface area contributed by atoms with E-state index in [0.29, 0.717) is 25.2 Å². The molecule has 0 saturated heterocycles. The molecule has 1 N–H and O–H groups in total. The van der Waals surface area contributed by atoms with E-state index in [4.69, 9.17) is 4.42 Å². The van der Waals surface area contributed by atoms with Gasteiger partial charge in [-0.2, -0.15) is 0 Å². The van der Waals surface area contributed by atoms with E-state index in [9.17, 15) is 4.79 Å². The van der Waals surface area contributed by atoms with Crippen LogP contribution in [0.5, 0.6) is 0 Å². The predicted octanol–water partition coefficient (Wildman–Crippen LogP) is 4.86. The number of aromatic amines is 1. The molecule has 0 radical (unpaired) electrons. The minimum Gasteiger partial charge on any atom is -0.467 e. The number of rotatable bonds is 9. The van der Waals surface area contributed by atoms with E-state index in [1.807, 2.05) is 48.5 Å². The molecule has 0 spiro atoms. The predicted molar refractivity (Wildman–Crippen MR) is 138 cm³/mol. The monoisotopic (exact) mass is 482 g/mol. The van der Waals surface area contributed by atoms with Crippen molar-refractivity contribution in [2.24, 2.45) is 5.92 Å². The van der Waals surface area contributed by atoms with E-state index in [-0.39, 0.29) is 17.5 Å². The second kappa shape index (κ2) is 10.3. The molecule has 0 unspecified atom stereocenters. The maximum atomic E-state index is 13.1. The van der Waals surface area contributed by atoms with Crippen LogP contribution in [0.1, 0.15) is 48.2 Å². The first-order chi connectivity index (χ1) is 17.5. The number of nitrogens with zero attached hydrogens (tertiary/aromatic N) is 5. The topological polar surface area (TPSA) is 92.8 Å². The first kappa shape index (κ1) is 23.7. The van der Waals surface area contributed by atoms with Crippen molar-refractivity contribution in [3.63, 3.8) is 0 Å². The Hall–Kier alpha value is -4.04. The van der Waals surface area contributed by atoms with Gasteiger partial charge in [-0.25, -0.2) is 4.68 Å². The van der Waals surface area contributed by atoms with Crippen LogP contribution >= 0.6 is 0 Å². The van der Waals surface area contributed by atoms with Gasteiger partial charge in [-0.05, 0) is 64.5 Å². The van der Waals surface area contributed by atoms with Crippen molar-refractivity contribution < 1.29 is 4.42 Å². The van der Waals surface area contributed by atoms with Gasteiger partial charge in [0.1, 0.15) is 12.3 Å². The van der Waals surface area contributed by atoms with Crippen LogP contribution in [0.25, 0.3) is 10.9 Å². The Morgan fingerprint density at radius 1 is 1.03 bits per heavy atom. The van der Waals surface area contributed by atoms with Crippen LogP contribution in [0.3, 0.4) is 0 Å². The van der Waals surface area contributed by atoms with Gasteiger partial charge < -0.3 is 9.40 Å². The number of fused-ring (bicyclic) bond motifs is 1. The molecule has 184 valence electrons. The van der Waals surface area contributed by atoms with Crippen molar-refractivity contribution in [2.75, 3.05) is 0 Å². The number of hydrogen-bond donors (Lipinski definition) is 1. The Morgan fingerprint density at radius 2 is 1.86 bits per heavy atom. The Bertz CT molecular complexity index is 1490. The Balaban J connectivity index is 1.55. The summed E-state index contributed by atoms with van der Waals surface area (Å²) in [6.45, 7) is 7.89. The molecule has 36 heavy (non-hydrogen) atoms. The highest BCUT2D eigenvalue weighted by Crippen LogP contribution is 2.30. The largest absolute Gasteiger partial charge is 0.467 e. The molecule has 0 amide bonds. The fraction of sp³-hybridized carbons (Fsp3) is 0.286. The zero-order chi connectivity index (χ0) is 25.1. The van der Waals surface area contributed by atoms with Crippen LogP contribution < -0.4 is 5.56 Å². The van der Waals surface area contributed by atoms with Gasteiger partial charge in [0.15, 0.2) is 5.82 Å². The van der Waals surface area contributed by atoms with Crippen LogP contribution in [0.2, 0.25) is 0 Å². The van der Waals surface area contributed by atoms with Gasteiger partial charge in [0.05, 0.1) is 12.3 Å². The lowest BCUT2D eigenvalue weighted by molar-refractivity contribution is 0.125. The second-order valence-corrected chi connectivity index (χ2v) is 9.57. The Labute approximate surface area is 209 Å². The zero-order valence-corrected chi connectivity index (χ0v) is 20.8. The number of H-pyrrole nitrogens is 1. The SMILES string of the molecule is Cc1ccc2[nH]c(=O)c(CN(Cc3ccccc3)[C@@H](c3nnnn3Cc3ccco3)C(C)C)cc2c1. The summed E-state index contributed by atoms with van der Waals surface area (Å²) in [6.07, 6.45) is 1.65. The van der Waals surface area contributed by atoms with Crippen molar-refractivity contribution in [3.05, 3.63) is 112 Å². The first-order valence-corrected chi connectivity index (χ1v) is 12.2. The van der Waals surface area contributed by atoms with Crippen LogP contribution in [-0.2, 0) is 19.6 Å². The lowest BCUT2D eigenvalue weighted by Gasteiger charge is -2.33. The number of aryl methyl sites for hydroxylation is 1. The van der Waals surface area contributed by atoms with Gasteiger partial charge in [-0.1, -0.05) is 55.8 Å². The summed E-state index contributed by atoms with van der Waals surface area (Å²) in [6, 6.07) is 22.0. The van der Waals surface area contributed by atoms with Crippen molar-refractivity contribution >= 4 is 10.9 Å². The van der Waals surface area contributed by atoms with Crippen LogP contribution in [0, 0.1) is 12.8 Å². The lowest BCUT2D eigenvalue weighted by Crippen LogP contribution is -2.35. The van der Waals surface area contributed by atoms with Crippen molar-refractivity contribution in [3.8, 4) is 0 Å². The number of pyridine rings is 1. The molecule has 0 bridgehead atoms. The number of nitrogens with one attached hydrogen (secondary N) is 1. The van der Waals surface area contributed by atoms with E-state index in [0.717, 1.165) is 33.6 Å². The number of aromatic nitrogens is 5. The number of furan rings is 1. The third kappa shape index (κ3) is 5.13. The lowest BCUT2D eigenvalue weighted by atomic mass is 9.99. The van der Waals surface area contributed by atoms with E-state index in [1.165, 1.54) is 0 Å². The van der Waals surface area contributed by atoms with E-state index >= 15 is 0 Å². The van der Waals surface area contributed by atoms with Gasteiger partial charge in [-0.15, -0.1) is 5.10 Å². The van der Waals surface area contributed by atoms with Crippen LogP contribution in [-0.4, -0.2) is 30.1 Å². The molecule has 5 aromatic rings. The molecule has 0 saturated carbocycles. The molecule has 8 nitrogen and oxygen atoms in total. The summed E-state index contributed by atoms with van der Waals surface area (Å²) >= 11 is 0. The molecular weight excluding hydrogens is 452 g/mol. The van der Waals surface area contributed by atoms with Gasteiger partial charge >= 0.3 is 0 Å². The maximum absolute atomic E-state index is 13.1. The fourth-order valence-corrected chi connectivity index (χ4v) is 4.75. The first-order valence-electron chi connectivity index (χ1n) is 12.2. The third-order valence-corrected chi connectivity index (χ3v) is 6.41. The van der Waals surface area contributed by atoms with Gasteiger partial charge in [-0.3, -0.25) is 9.69 Å². The van der Waals surface area contributed by atoms with Gasteiger partial charge in [0, 0.05) is 24.2 Å². The van der Waals surface area contributed by atoms with Crippen molar-refractivity contribution in [1.29, 1.82) is 0 Å². The minimum atomic E-state index is -0.136. The molecule has 0 fully saturated rings. The van der Waals surface area contributed by atoms with Gasteiger partial charge in [0.25, 0.3) is 5.56 Å². The summed E-state index contributed by atoms with van der Waals surface area (Å²) in [5.74, 6) is 1.70. The summed E-state index contributed by atoms with van der Waals surface area (Å²) in [5, 5.41) is 13.7. The molecule has 0 aliphatic rings. The Kier molecular flexibility index (Phi) is 6.77. The van der Waals surface area contributed by atoms with E-state index in [2.05, 4.69) is 64.4 Å². The summed E-state index contributed by atoms with van der Waals surface area (Å²) in [7, 11) is 0. The molecule has 3 aromatic heterocycles. The molecule has 3 heterocycles. The van der Waals surface area contributed by atoms with Crippen molar-refractivity contribution in [2.45, 2.75) is 46.4 Å². The molecule has 8 heteroatoms. The van der Waals surface area contributed by atoms with Crippen LogP contribution in [0.15, 0.2) is 82.2 Å². The highest BCUT2D eigenvalue weighted by molar-refractivity contribution is 5.79. The molecule has 1 atom stereocenters. The fourth-order valence-electron chi connectivity index (χ4n) is 4.75. The second-order valence-electron chi connectivity index (χ2n) is 9.57. The normalized spacial score (nSPS) is 12.6. The smallest absolute Gasteiger partial charge is 0.252 e.